The third kappa shape index (κ3) is 1.90. The number of phenolic OH excluding ortho intramolecular Hbond substituents is 1. The molecule has 0 saturated carbocycles. The van der Waals surface area contributed by atoms with Crippen LogP contribution in [0.4, 0.5) is 0 Å². The van der Waals surface area contributed by atoms with E-state index in [0.29, 0.717) is 5.56 Å². The van der Waals surface area contributed by atoms with Crippen LogP contribution in [0.1, 0.15) is 5.56 Å². The molecule has 1 unspecified atom stereocenters. The van der Waals surface area contributed by atoms with E-state index in [9.17, 15) is 9.90 Å². The Morgan fingerprint density at radius 3 is 2.93 bits per heavy atom. The Hall–Kier alpha value is -2.04. The molecule has 1 aliphatic rings. The molecule has 0 bridgehead atoms. The van der Waals surface area contributed by atoms with Gasteiger partial charge in [0.1, 0.15) is 5.75 Å². The monoisotopic (exact) mass is 207 g/mol. The lowest BCUT2D eigenvalue weighted by atomic mass is 10.2. The topological polar surface area (TPSA) is 79.1 Å². The molecule has 0 aliphatic carbocycles. The normalized spacial score (nSPS) is 19.5. The summed E-state index contributed by atoms with van der Waals surface area (Å²) in [6.07, 6.45) is -0.914. The van der Waals surface area contributed by atoms with Crippen LogP contribution in [0.3, 0.4) is 0 Å². The van der Waals surface area contributed by atoms with Crippen molar-refractivity contribution in [3.63, 3.8) is 0 Å². The van der Waals surface area contributed by atoms with Crippen LogP contribution in [-0.2, 0) is 9.53 Å². The molecule has 2 N–H and O–H groups in total. The lowest BCUT2D eigenvalue weighted by Crippen LogP contribution is -2.23. The number of carboxylic acids is 1. The molecule has 1 aromatic rings. The summed E-state index contributed by atoms with van der Waals surface area (Å²) in [4.78, 5) is 14.5. The largest absolute Gasteiger partial charge is 0.508 e. The average Bonchev–Trinajstić information content (AvgIpc) is 2.66. The van der Waals surface area contributed by atoms with Gasteiger partial charge in [-0.1, -0.05) is 6.07 Å². The van der Waals surface area contributed by atoms with E-state index in [0.717, 1.165) is 0 Å². The summed E-state index contributed by atoms with van der Waals surface area (Å²) < 4.78 is 5.10. The van der Waals surface area contributed by atoms with Crippen molar-refractivity contribution in [2.75, 3.05) is 6.54 Å². The van der Waals surface area contributed by atoms with Crippen molar-refractivity contribution in [2.45, 2.75) is 6.10 Å². The SMILES string of the molecule is O=C(O)C1CN=C(c2cccc(O)c2)O1. The van der Waals surface area contributed by atoms with Gasteiger partial charge in [-0.05, 0) is 18.2 Å². The van der Waals surface area contributed by atoms with Crippen molar-refractivity contribution in [3.8, 4) is 5.75 Å². The molecule has 78 valence electrons. The van der Waals surface area contributed by atoms with Crippen LogP contribution in [0.2, 0.25) is 0 Å². The predicted molar refractivity (Wildman–Crippen MR) is 52.0 cm³/mol. The van der Waals surface area contributed by atoms with E-state index in [2.05, 4.69) is 4.99 Å². The molecular formula is C10H9NO4. The molecule has 1 heterocycles. The highest BCUT2D eigenvalue weighted by atomic mass is 16.5. The average molecular weight is 207 g/mol. The molecule has 0 spiro atoms. The number of carbonyl (C=O) groups is 1. The number of rotatable bonds is 2. The van der Waals surface area contributed by atoms with Crippen LogP contribution >= 0.6 is 0 Å². The van der Waals surface area contributed by atoms with E-state index >= 15 is 0 Å². The van der Waals surface area contributed by atoms with Crippen LogP contribution in [0.25, 0.3) is 0 Å². The van der Waals surface area contributed by atoms with Gasteiger partial charge < -0.3 is 14.9 Å². The van der Waals surface area contributed by atoms with Gasteiger partial charge in [0.15, 0.2) is 0 Å². The summed E-state index contributed by atoms with van der Waals surface area (Å²) in [5.74, 6) is -0.676. The van der Waals surface area contributed by atoms with Crippen molar-refractivity contribution in [3.05, 3.63) is 29.8 Å². The van der Waals surface area contributed by atoms with Crippen LogP contribution in [0, 0.1) is 0 Å². The molecular weight excluding hydrogens is 198 g/mol. The van der Waals surface area contributed by atoms with Gasteiger partial charge in [0.2, 0.25) is 12.0 Å². The number of aromatic hydroxyl groups is 1. The Morgan fingerprint density at radius 1 is 1.53 bits per heavy atom. The molecule has 0 radical (unpaired) electrons. The number of benzene rings is 1. The minimum atomic E-state index is -1.03. The zero-order valence-corrected chi connectivity index (χ0v) is 7.75. The second kappa shape index (κ2) is 3.61. The van der Waals surface area contributed by atoms with Crippen LogP contribution in [0.15, 0.2) is 29.3 Å². The Labute approximate surface area is 85.6 Å². The molecule has 5 heteroatoms. The molecule has 5 nitrogen and oxygen atoms in total. The lowest BCUT2D eigenvalue weighted by molar-refractivity contribution is -0.144. The van der Waals surface area contributed by atoms with Crippen molar-refractivity contribution < 1.29 is 19.7 Å². The van der Waals surface area contributed by atoms with Crippen LogP contribution in [0.5, 0.6) is 5.75 Å². The van der Waals surface area contributed by atoms with Crippen molar-refractivity contribution in [1.29, 1.82) is 0 Å². The van der Waals surface area contributed by atoms with Crippen LogP contribution < -0.4 is 0 Å². The fourth-order valence-electron chi connectivity index (χ4n) is 1.30. The molecule has 15 heavy (non-hydrogen) atoms. The second-order valence-corrected chi connectivity index (χ2v) is 3.14. The third-order valence-electron chi connectivity index (χ3n) is 2.02. The number of aliphatic carboxylic acids is 1. The van der Waals surface area contributed by atoms with E-state index < -0.39 is 12.1 Å². The van der Waals surface area contributed by atoms with Gasteiger partial charge in [-0.2, -0.15) is 0 Å². The second-order valence-electron chi connectivity index (χ2n) is 3.14. The number of phenols is 1. The summed E-state index contributed by atoms with van der Waals surface area (Å²) in [5.41, 5.74) is 0.582. The lowest BCUT2D eigenvalue weighted by Gasteiger charge is -2.06. The predicted octanol–water partition coefficient (Wildman–Crippen LogP) is 0.622. The highest BCUT2D eigenvalue weighted by molar-refractivity contribution is 5.97. The smallest absolute Gasteiger partial charge is 0.346 e. The number of carboxylic acid groups (broad SMARTS) is 1. The van der Waals surface area contributed by atoms with E-state index in [-0.39, 0.29) is 18.2 Å². The van der Waals surface area contributed by atoms with Gasteiger partial charge in [0.25, 0.3) is 0 Å². The van der Waals surface area contributed by atoms with E-state index in [1.807, 2.05) is 0 Å². The number of nitrogens with zero attached hydrogens (tertiary/aromatic N) is 1. The number of hydrogen-bond acceptors (Lipinski definition) is 4. The quantitative estimate of drug-likeness (QED) is 0.745. The molecule has 0 aromatic heterocycles. The molecule has 1 atom stereocenters. The van der Waals surface area contributed by atoms with Crippen LogP contribution in [-0.4, -0.2) is 34.7 Å². The van der Waals surface area contributed by atoms with Crippen molar-refractivity contribution in [1.82, 2.24) is 0 Å². The first kappa shape index (κ1) is 9.51. The van der Waals surface area contributed by atoms with Gasteiger partial charge in [-0.25, -0.2) is 9.79 Å². The van der Waals surface area contributed by atoms with E-state index in [1.165, 1.54) is 12.1 Å². The molecule has 0 saturated heterocycles. The Morgan fingerprint density at radius 2 is 2.33 bits per heavy atom. The van der Waals surface area contributed by atoms with Gasteiger partial charge in [0.05, 0.1) is 6.54 Å². The van der Waals surface area contributed by atoms with E-state index in [4.69, 9.17) is 9.84 Å². The molecule has 1 aromatic carbocycles. The Kier molecular flexibility index (Phi) is 2.29. The maximum atomic E-state index is 10.6. The summed E-state index contributed by atoms with van der Waals surface area (Å²) in [5, 5.41) is 17.9. The molecule has 2 rings (SSSR count). The van der Waals surface area contributed by atoms with Gasteiger partial charge in [0, 0.05) is 5.56 Å². The fraction of sp³-hybridized carbons (Fsp3) is 0.200. The first-order valence-corrected chi connectivity index (χ1v) is 4.40. The summed E-state index contributed by atoms with van der Waals surface area (Å²) >= 11 is 0. The zero-order valence-electron chi connectivity index (χ0n) is 7.75. The standard InChI is InChI=1S/C10H9NO4/c12-7-3-1-2-6(4-7)9-11-5-8(15-9)10(13)14/h1-4,8,12H,5H2,(H,13,14). The fourth-order valence-corrected chi connectivity index (χ4v) is 1.30. The van der Waals surface area contributed by atoms with E-state index in [1.54, 1.807) is 12.1 Å². The van der Waals surface area contributed by atoms with Gasteiger partial charge in [-0.15, -0.1) is 0 Å². The minimum absolute atomic E-state index is 0.0950. The number of ether oxygens (including phenoxy) is 1. The minimum Gasteiger partial charge on any atom is -0.508 e. The van der Waals surface area contributed by atoms with Crippen molar-refractivity contribution >= 4 is 11.9 Å². The van der Waals surface area contributed by atoms with Gasteiger partial charge in [-0.3, -0.25) is 0 Å². The number of aliphatic imine (C=N–C) groups is 1. The molecule has 1 aliphatic heterocycles. The summed E-state index contributed by atoms with van der Waals surface area (Å²) in [6, 6.07) is 6.34. The number of hydrogen-bond donors (Lipinski definition) is 2. The highest BCUT2D eigenvalue weighted by Crippen LogP contribution is 2.16. The maximum absolute atomic E-state index is 10.6. The summed E-state index contributed by atoms with van der Waals surface area (Å²) in [7, 11) is 0. The molecule has 0 fully saturated rings. The first-order chi connectivity index (χ1) is 7.16. The summed E-state index contributed by atoms with van der Waals surface area (Å²) in [6.45, 7) is 0.111. The van der Waals surface area contributed by atoms with Crippen molar-refractivity contribution in [2.24, 2.45) is 4.99 Å². The Bertz CT molecular complexity index is 427. The third-order valence-corrected chi connectivity index (χ3v) is 2.02. The van der Waals surface area contributed by atoms with Gasteiger partial charge >= 0.3 is 5.97 Å². The Balaban J connectivity index is 2.17. The zero-order chi connectivity index (χ0) is 10.8. The maximum Gasteiger partial charge on any atom is 0.346 e. The molecule has 0 amide bonds. The highest BCUT2D eigenvalue weighted by Gasteiger charge is 2.27. The first-order valence-electron chi connectivity index (χ1n) is 4.40.